The molecule has 0 saturated carbocycles. The van der Waals surface area contributed by atoms with Crippen molar-refractivity contribution in [2.24, 2.45) is 0 Å². The third-order valence-corrected chi connectivity index (χ3v) is 3.55. The first-order valence-corrected chi connectivity index (χ1v) is 6.68. The Morgan fingerprint density at radius 3 is 2.63 bits per heavy atom. The number of carbonyl (C=O) groups excluding carboxylic acids is 2. The third-order valence-electron chi connectivity index (χ3n) is 3.55. The van der Waals surface area contributed by atoms with E-state index in [-0.39, 0.29) is 11.9 Å². The maximum Gasteiger partial charge on any atom is 0.217 e. The molecule has 0 radical (unpaired) electrons. The van der Waals surface area contributed by atoms with Crippen LogP contribution in [0.25, 0.3) is 0 Å². The van der Waals surface area contributed by atoms with E-state index in [2.05, 4.69) is 10.2 Å². The van der Waals surface area contributed by atoms with E-state index in [4.69, 9.17) is 0 Å². The molecule has 0 bridgehead atoms. The van der Waals surface area contributed by atoms with E-state index >= 15 is 0 Å². The number of piperidine rings is 1. The molecule has 2 rings (SSSR count). The number of rotatable bonds is 3. The fourth-order valence-corrected chi connectivity index (χ4v) is 2.61. The van der Waals surface area contributed by atoms with Gasteiger partial charge in [0.15, 0.2) is 6.29 Å². The fourth-order valence-electron chi connectivity index (χ4n) is 2.61. The second-order valence-electron chi connectivity index (χ2n) is 5.14. The van der Waals surface area contributed by atoms with Crippen LogP contribution in [-0.2, 0) is 4.79 Å². The minimum atomic E-state index is 0.0300. The van der Waals surface area contributed by atoms with Crippen molar-refractivity contribution < 1.29 is 9.59 Å². The molecule has 1 aliphatic heterocycles. The van der Waals surface area contributed by atoms with E-state index in [0.29, 0.717) is 0 Å². The molecule has 19 heavy (non-hydrogen) atoms. The maximum absolute atomic E-state index is 11.1. The van der Waals surface area contributed by atoms with Crippen LogP contribution in [0.15, 0.2) is 18.2 Å². The van der Waals surface area contributed by atoms with Crippen LogP contribution in [0, 0.1) is 6.92 Å². The average molecular weight is 260 g/mol. The molecule has 1 aromatic rings. The highest BCUT2D eigenvalue weighted by Gasteiger charge is 2.21. The van der Waals surface area contributed by atoms with Crippen molar-refractivity contribution >= 4 is 17.9 Å². The van der Waals surface area contributed by atoms with Crippen LogP contribution in [0.5, 0.6) is 0 Å². The lowest BCUT2D eigenvalue weighted by Gasteiger charge is -2.34. The summed E-state index contributed by atoms with van der Waals surface area (Å²) in [5, 5.41) is 2.96. The predicted molar refractivity (Wildman–Crippen MR) is 75.6 cm³/mol. The first-order chi connectivity index (χ1) is 9.10. The quantitative estimate of drug-likeness (QED) is 0.845. The van der Waals surface area contributed by atoms with E-state index in [9.17, 15) is 9.59 Å². The molecule has 0 spiro atoms. The SMILES string of the molecule is CC(=O)NC1CCN(c2ccc(C)cc2C=O)CC1. The zero-order chi connectivity index (χ0) is 13.8. The van der Waals surface area contributed by atoms with Gasteiger partial charge in [-0.05, 0) is 31.9 Å². The lowest BCUT2D eigenvalue weighted by atomic mass is 10.0. The Bertz CT molecular complexity index is 477. The first kappa shape index (κ1) is 13.6. The van der Waals surface area contributed by atoms with E-state index in [1.54, 1.807) is 6.92 Å². The number of nitrogens with one attached hydrogen (secondary N) is 1. The monoisotopic (exact) mass is 260 g/mol. The van der Waals surface area contributed by atoms with Crippen molar-refractivity contribution in [2.45, 2.75) is 32.7 Å². The number of aryl methyl sites for hydroxylation is 1. The summed E-state index contributed by atoms with van der Waals surface area (Å²) < 4.78 is 0. The second kappa shape index (κ2) is 5.87. The zero-order valence-corrected chi connectivity index (χ0v) is 11.5. The van der Waals surface area contributed by atoms with Gasteiger partial charge in [0.2, 0.25) is 5.91 Å². The van der Waals surface area contributed by atoms with Crippen LogP contribution < -0.4 is 10.2 Å². The van der Waals surface area contributed by atoms with Gasteiger partial charge in [0, 0.05) is 37.3 Å². The molecular weight excluding hydrogens is 240 g/mol. The minimum absolute atomic E-state index is 0.0300. The van der Waals surface area contributed by atoms with Crippen molar-refractivity contribution in [3.05, 3.63) is 29.3 Å². The molecule has 0 atom stereocenters. The van der Waals surface area contributed by atoms with Gasteiger partial charge in [0.05, 0.1) is 0 Å². The Hall–Kier alpha value is -1.84. The minimum Gasteiger partial charge on any atom is -0.371 e. The zero-order valence-electron chi connectivity index (χ0n) is 11.5. The highest BCUT2D eigenvalue weighted by atomic mass is 16.1. The molecule has 1 aliphatic rings. The van der Waals surface area contributed by atoms with Gasteiger partial charge in [-0.2, -0.15) is 0 Å². The van der Waals surface area contributed by atoms with Crippen LogP contribution in [-0.4, -0.2) is 31.3 Å². The molecule has 1 amide bonds. The van der Waals surface area contributed by atoms with Crippen LogP contribution in [0.3, 0.4) is 0 Å². The average Bonchev–Trinajstić information content (AvgIpc) is 2.39. The number of hydrogen-bond donors (Lipinski definition) is 1. The Morgan fingerprint density at radius 2 is 2.05 bits per heavy atom. The number of anilines is 1. The lowest BCUT2D eigenvalue weighted by Crippen LogP contribution is -2.44. The highest BCUT2D eigenvalue weighted by molar-refractivity contribution is 5.85. The van der Waals surface area contributed by atoms with Crippen molar-refractivity contribution in [3.8, 4) is 0 Å². The number of amides is 1. The molecule has 4 heteroatoms. The molecule has 0 aromatic heterocycles. The third kappa shape index (κ3) is 3.34. The van der Waals surface area contributed by atoms with E-state index in [0.717, 1.165) is 49.0 Å². The summed E-state index contributed by atoms with van der Waals surface area (Å²) >= 11 is 0. The van der Waals surface area contributed by atoms with Gasteiger partial charge >= 0.3 is 0 Å². The van der Waals surface area contributed by atoms with Gasteiger partial charge in [-0.3, -0.25) is 9.59 Å². The van der Waals surface area contributed by atoms with Gasteiger partial charge in [0.25, 0.3) is 0 Å². The molecule has 1 saturated heterocycles. The van der Waals surface area contributed by atoms with Gasteiger partial charge < -0.3 is 10.2 Å². The Balaban J connectivity index is 2.05. The molecular formula is C15H20N2O2. The van der Waals surface area contributed by atoms with E-state index in [1.165, 1.54) is 0 Å². The number of hydrogen-bond acceptors (Lipinski definition) is 3. The van der Waals surface area contributed by atoms with Gasteiger partial charge in [0.1, 0.15) is 0 Å². The molecule has 0 aliphatic carbocycles. The Morgan fingerprint density at radius 1 is 1.37 bits per heavy atom. The second-order valence-corrected chi connectivity index (χ2v) is 5.14. The fraction of sp³-hybridized carbons (Fsp3) is 0.467. The summed E-state index contributed by atoms with van der Waals surface area (Å²) in [6.07, 6.45) is 2.76. The summed E-state index contributed by atoms with van der Waals surface area (Å²) in [6.45, 7) is 5.28. The number of nitrogens with zero attached hydrogens (tertiary/aromatic N) is 1. The van der Waals surface area contributed by atoms with Gasteiger partial charge in [-0.1, -0.05) is 11.6 Å². The first-order valence-electron chi connectivity index (χ1n) is 6.68. The molecule has 0 unspecified atom stereocenters. The summed E-state index contributed by atoms with van der Waals surface area (Å²) in [5.41, 5.74) is 2.85. The molecule has 1 aromatic carbocycles. The van der Waals surface area contributed by atoms with Crippen LogP contribution in [0.1, 0.15) is 35.7 Å². The van der Waals surface area contributed by atoms with E-state index in [1.807, 2.05) is 25.1 Å². The Kier molecular flexibility index (Phi) is 4.20. The van der Waals surface area contributed by atoms with Crippen LogP contribution >= 0.6 is 0 Å². The van der Waals surface area contributed by atoms with Crippen molar-refractivity contribution in [2.75, 3.05) is 18.0 Å². The summed E-state index contributed by atoms with van der Waals surface area (Å²) in [5.74, 6) is 0.0300. The molecule has 102 valence electrons. The topological polar surface area (TPSA) is 49.4 Å². The smallest absolute Gasteiger partial charge is 0.217 e. The van der Waals surface area contributed by atoms with Crippen molar-refractivity contribution in [1.29, 1.82) is 0 Å². The molecule has 4 nitrogen and oxygen atoms in total. The number of benzene rings is 1. The predicted octanol–water partition coefficient (Wildman–Crippen LogP) is 1.91. The van der Waals surface area contributed by atoms with E-state index < -0.39 is 0 Å². The summed E-state index contributed by atoms with van der Waals surface area (Å²) in [6, 6.07) is 6.22. The van der Waals surface area contributed by atoms with Crippen molar-refractivity contribution in [1.82, 2.24) is 5.32 Å². The largest absolute Gasteiger partial charge is 0.371 e. The normalized spacial score (nSPS) is 16.2. The highest BCUT2D eigenvalue weighted by Crippen LogP contribution is 2.24. The van der Waals surface area contributed by atoms with Gasteiger partial charge in [-0.25, -0.2) is 0 Å². The van der Waals surface area contributed by atoms with Crippen LogP contribution in [0.2, 0.25) is 0 Å². The molecule has 1 heterocycles. The number of carbonyl (C=O) groups is 2. The lowest BCUT2D eigenvalue weighted by molar-refractivity contribution is -0.119. The molecule has 1 N–H and O–H groups in total. The maximum atomic E-state index is 11.1. The summed E-state index contributed by atoms with van der Waals surface area (Å²) in [4.78, 5) is 24.4. The van der Waals surface area contributed by atoms with Crippen LogP contribution in [0.4, 0.5) is 5.69 Å². The van der Waals surface area contributed by atoms with Crippen molar-refractivity contribution in [3.63, 3.8) is 0 Å². The Labute approximate surface area is 113 Å². The number of aldehydes is 1. The van der Waals surface area contributed by atoms with Gasteiger partial charge in [-0.15, -0.1) is 0 Å². The summed E-state index contributed by atoms with van der Waals surface area (Å²) in [7, 11) is 0. The standard InChI is InChI=1S/C15H20N2O2/c1-11-3-4-15(13(9-11)10-18)17-7-5-14(6-8-17)16-12(2)19/h3-4,9-10,14H,5-8H2,1-2H3,(H,16,19). The molecule has 1 fully saturated rings.